The van der Waals surface area contributed by atoms with Gasteiger partial charge in [-0.15, -0.1) is 0 Å². The number of para-hydroxylation sites is 1. The van der Waals surface area contributed by atoms with Crippen LogP contribution < -0.4 is 5.43 Å². The molecule has 0 unspecified atom stereocenters. The third kappa shape index (κ3) is 1.40. The van der Waals surface area contributed by atoms with E-state index in [1.165, 1.54) is 0 Å². The highest BCUT2D eigenvalue weighted by Gasteiger charge is 2.30. The quantitative estimate of drug-likeness (QED) is 0.816. The molecule has 1 aromatic rings. The molecule has 0 aliphatic carbocycles. The Morgan fingerprint density at radius 3 is 2.85 bits per heavy atom. The minimum Gasteiger partial charge on any atom is -0.478 e. The number of allylic oxidation sites excluding steroid dienone is 1. The van der Waals surface area contributed by atoms with Gasteiger partial charge in [0.05, 0.1) is 22.7 Å². The predicted octanol–water partition coefficient (Wildman–Crippen LogP) is 2.32. The van der Waals surface area contributed by atoms with Gasteiger partial charge in [-0.05, 0) is 18.2 Å². The van der Waals surface area contributed by atoms with Crippen molar-refractivity contribution in [1.29, 1.82) is 0 Å². The molecule has 3 aliphatic heterocycles. The van der Waals surface area contributed by atoms with E-state index < -0.39 is 5.97 Å². The van der Waals surface area contributed by atoms with E-state index in [4.69, 9.17) is 5.11 Å². The molecule has 2 N–H and O–H groups in total. The number of hydrazine groups is 1. The lowest BCUT2D eigenvalue weighted by molar-refractivity contribution is -0.132. The molecule has 5 heteroatoms. The number of nitrogens with zero attached hydrogens (tertiary/aromatic N) is 2. The summed E-state index contributed by atoms with van der Waals surface area (Å²) in [5.41, 5.74) is 7.70. The Balaban J connectivity index is 1.87. The van der Waals surface area contributed by atoms with Crippen LogP contribution in [0.4, 0.5) is 5.69 Å². The number of carboxylic acid groups (broad SMARTS) is 1. The highest BCUT2D eigenvalue weighted by Crippen LogP contribution is 2.40. The van der Waals surface area contributed by atoms with Crippen molar-refractivity contribution >= 4 is 17.4 Å². The molecule has 98 valence electrons. The fourth-order valence-electron chi connectivity index (χ4n) is 2.58. The van der Waals surface area contributed by atoms with Gasteiger partial charge in [-0.2, -0.15) is 0 Å². The van der Waals surface area contributed by atoms with Gasteiger partial charge in [0, 0.05) is 24.2 Å². The minimum absolute atomic E-state index is 0.270. The van der Waals surface area contributed by atoms with Gasteiger partial charge < -0.3 is 10.0 Å². The van der Waals surface area contributed by atoms with Crippen molar-refractivity contribution in [2.24, 2.45) is 0 Å². The number of carbonyl (C=O) groups is 1. The fraction of sp³-hybridized carbons (Fsp3) is 0. The molecule has 0 saturated carbocycles. The zero-order valence-electron chi connectivity index (χ0n) is 10.4. The van der Waals surface area contributed by atoms with Gasteiger partial charge in [-0.1, -0.05) is 18.2 Å². The average Bonchev–Trinajstić information content (AvgIpc) is 2.85. The number of benzene rings is 1. The normalized spacial score (nSPS) is 18.3. The van der Waals surface area contributed by atoms with Crippen molar-refractivity contribution in [3.63, 3.8) is 0 Å². The Morgan fingerprint density at radius 1 is 1.15 bits per heavy atom. The van der Waals surface area contributed by atoms with Gasteiger partial charge in [0.1, 0.15) is 0 Å². The van der Waals surface area contributed by atoms with E-state index >= 15 is 0 Å². The Kier molecular flexibility index (Phi) is 2.06. The molecule has 0 radical (unpaired) electrons. The number of carboxylic acids is 1. The Morgan fingerprint density at radius 2 is 2.00 bits per heavy atom. The standard InChI is InChI=1S/C15H11N3O2/c19-15(20)10-5-6-13-14-11-3-1-2-4-12(11)16-18(14)8-7-17(13)9-10/h1-9,16H,(H,19,20). The van der Waals surface area contributed by atoms with Crippen LogP contribution in [0.1, 0.15) is 5.56 Å². The first-order valence-corrected chi connectivity index (χ1v) is 6.23. The van der Waals surface area contributed by atoms with Crippen molar-refractivity contribution in [2.45, 2.75) is 0 Å². The lowest BCUT2D eigenvalue weighted by Gasteiger charge is -2.30. The number of fused-ring (bicyclic) bond motifs is 4. The van der Waals surface area contributed by atoms with Gasteiger partial charge in [0.2, 0.25) is 0 Å². The molecule has 0 fully saturated rings. The summed E-state index contributed by atoms with van der Waals surface area (Å²) >= 11 is 0. The Labute approximate surface area is 115 Å². The van der Waals surface area contributed by atoms with Crippen LogP contribution in [0.5, 0.6) is 0 Å². The van der Waals surface area contributed by atoms with Crippen LogP contribution in [0.3, 0.4) is 0 Å². The summed E-state index contributed by atoms with van der Waals surface area (Å²) in [6.07, 6.45) is 8.80. The third-order valence-electron chi connectivity index (χ3n) is 3.51. The Bertz CT molecular complexity index is 743. The highest BCUT2D eigenvalue weighted by atomic mass is 16.4. The van der Waals surface area contributed by atoms with Gasteiger partial charge in [0.15, 0.2) is 0 Å². The first-order valence-electron chi connectivity index (χ1n) is 6.23. The molecular formula is C15H11N3O2. The van der Waals surface area contributed by atoms with Gasteiger partial charge >= 0.3 is 5.97 Å². The van der Waals surface area contributed by atoms with E-state index in [1.54, 1.807) is 12.3 Å². The maximum absolute atomic E-state index is 11.0. The van der Waals surface area contributed by atoms with Crippen molar-refractivity contribution < 1.29 is 9.90 Å². The van der Waals surface area contributed by atoms with Crippen LogP contribution in [-0.4, -0.2) is 21.0 Å². The first kappa shape index (κ1) is 10.9. The molecule has 20 heavy (non-hydrogen) atoms. The molecule has 0 bridgehead atoms. The second kappa shape index (κ2) is 3.77. The first-order chi connectivity index (χ1) is 9.74. The summed E-state index contributed by atoms with van der Waals surface area (Å²) in [6.45, 7) is 0. The molecule has 0 atom stereocenters. The lowest BCUT2D eigenvalue weighted by atomic mass is 10.1. The summed E-state index contributed by atoms with van der Waals surface area (Å²) in [5.74, 6) is -0.925. The highest BCUT2D eigenvalue weighted by molar-refractivity contribution is 5.92. The van der Waals surface area contributed by atoms with Crippen LogP contribution in [0.15, 0.2) is 66.3 Å². The molecule has 3 heterocycles. The van der Waals surface area contributed by atoms with Crippen molar-refractivity contribution in [3.05, 3.63) is 71.9 Å². The molecule has 0 amide bonds. The molecule has 4 rings (SSSR count). The number of rotatable bonds is 1. The van der Waals surface area contributed by atoms with Crippen LogP contribution in [0.2, 0.25) is 0 Å². The molecular weight excluding hydrogens is 254 g/mol. The smallest absolute Gasteiger partial charge is 0.337 e. The van der Waals surface area contributed by atoms with E-state index in [1.807, 2.05) is 52.7 Å². The van der Waals surface area contributed by atoms with Crippen LogP contribution in [-0.2, 0) is 4.79 Å². The van der Waals surface area contributed by atoms with Gasteiger partial charge in [0.25, 0.3) is 0 Å². The number of aliphatic carboxylic acids is 1. The van der Waals surface area contributed by atoms with E-state index in [0.717, 1.165) is 22.6 Å². The molecule has 0 spiro atoms. The largest absolute Gasteiger partial charge is 0.478 e. The fourth-order valence-corrected chi connectivity index (χ4v) is 2.58. The summed E-state index contributed by atoms with van der Waals surface area (Å²) in [6, 6.07) is 8.04. The van der Waals surface area contributed by atoms with Gasteiger partial charge in [-0.3, -0.25) is 10.4 Å². The molecule has 3 aliphatic rings. The minimum atomic E-state index is -0.925. The number of nitrogens with one attached hydrogen (secondary N) is 1. The average molecular weight is 265 g/mol. The van der Waals surface area contributed by atoms with Crippen LogP contribution >= 0.6 is 0 Å². The second-order valence-electron chi connectivity index (χ2n) is 4.69. The maximum atomic E-state index is 11.0. The predicted molar refractivity (Wildman–Crippen MR) is 74.7 cm³/mol. The van der Waals surface area contributed by atoms with Crippen molar-refractivity contribution in [2.75, 3.05) is 5.43 Å². The van der Waals surface area contributed by atoms with Gasteiger partial charge in [-0.25, -0.2) is 4.79 Å². The summed E-state index contributed by atoms with van der Waals surface area (Å²) < 4.78 is 0. The Hall–Kier alpha value is -2.95. The molecule has 5 nitrogen and oxygen atoms in total. The number of anilines is 1. The van der Waals surface area contributed by atoms with E-state index in [0.29, 0.717) is 0 Å². The SMILES string of the molecule is O=C(O)C1=CN2C=CN3Nc4ccccc4C3=C2C=C1. The topological polar surface area (TPSA) is 55.8 Å². The maximum Gasteiger partial charge on any atom is 0.337 e. The summed E-state index contributed by atoms with van der Waals surface area (Å²) in [5, 5.41) is 11.0. The van der Waals surface area contributed by atoms with E-state index in [2.05, 4.69) is 5.43 Å². The van der Waals surface area contributed by atoms with E-state index in [9.17, 15) is 4.79 Å². The zero-order chi connectivity index (χ0) is 13.7. The van der Waals surface area contributed by atoms with E-state index in [-0.39, 0.29) is 5.57 Å². The molecule has 0 aromatic heterocycles. The summed E-state index contributed by atoms with van der Waals surface area (Å²) in [4.78, 5) is 12.9. The van der Waals surface area contributed by atoms with Crippen LogP contribution in [0.25, 0.3) is 5.70 Å². The molecule has 0 saturated heterocycles. The van der Waals surface area contributed by atoms with Crippen molar-refractivity contribution in [1.82, 2.24) is 9.91 Å². The summed E-state index contributed by atoms with van der Waals surface area (Å²) in [7, 11) is 0. The lowest BCUT2D eigenvalue weighted by Crippen LogP contribution is -2.27. The molecule has 1 aromatic carbocycles. The second-order valence-corrected chi connectivity index (χ2v) is 4.69. The van der Waals surface area contributed by atoms with Crippen LogP contribution in [0, 0.1) is 0 Å². The number of hydrogen-bond donors (Lipinski definition) is 2. The zero-order valence-corrected chi connectivity index (χ0v) is 10.4. The monoisotopic (exact) mass is 265 g/mol. The van der Waals surface area contributed by atoms with Crippen molar-refractivity contribution in [3.8, 4) is 0 Å². The third-order valence-corrected chi connectivity index (χ3v) is 3.51. The number of hydrogen-bond acceptors (Lipinski definition) is 4.